The summed E-state index contributed by atoms with van der Waals surface area (Å²) in [5.41, 5.74) is 10.6. The van der Waals surface area contributed by atoms with Crippen molar-refractivity contribution in [3.05, 3.63) is 59.3 Å². The van der Waals surface area contributed by atoms with Crippen LogP contribution in [-0.2, 0) is 29.1 Å². The number of benzene rings is 1. The number of aryl methyl sites for hydroxylation is 1. The van der Waals surface area contributed by atoms with E-state index in [1.54, 1.807) is 0 Å². The van der Waals surface area contributed by atoms with E-state index in [1.165, 1.54) is 28.5 Å². The molecule has 2 fully saturated rings. The van der Waals surface area contributed by atoms with Gasteiger partial charge < -0.3 is 25.2 Å². The zero-order chi connectivity index (χ0) is 27.1. The number of fused-ring (bicyclic) bond motifs is 2. The Morgan fingerprint density at radius 3 is 2.77 bits per heavy atom. The number of likely N-dealkylation sites (N-methyl/N-ethyl adjacent to an activating group) is 1. The highest BCUT2D eigenvalue weighted by Gasteiger charge is 2.39. The highest BCUT2D eigenvalue weighted by molar-refractivity contribution is 5.92. The van der Waals surface area contributed by atoms with Crippen LogP contribution >= 0.6 is 0 Å². The number of hydrogen-bond acceptors (Lipinski definition) is 8. The van der Waals surface area contributed by atoms with Crippen molar-refractivity contribution in [2.75, 3.05) is 44.7 Å². The fourth-order valence-corrected chi connectivity index (χ4v) is 6.66. The van der Waals surface area contributed by atoms with Crippen LogP contribution in [0.4, 0.5) is 5.82 Å². The van der Waals surface area contributed by atoms with Crippen LogP contribution in [0.2, 0.25) is 0 Å². The van der Waals surface area contributed by atoms with Gasteiger partial charge in [0.15, 0.2) is 0 Å². The molecular formula is C29H37N7O3. The third kappa shape index (κ3) is 4.87. The van der Waals surface area contributed by atoms with Gasteiger partial charge in [-0.3, -0.25) is 14.5 Å². The van der Waals surface area contributed by atoms with Gasteiger partial charge in [0, 0.05) is 50.4 Å². The molecule has 2 amide bonds. The molecule has 0 radical (unpaired) electrons. The summed E-state index contributed by atoms with van der Waals surface area (Å²) in [5.74, 6) is -0.0480. The summed E-state index contributed by atoms with van der Waals surface area (Å²) in [7, 11) is 2.13. The number of hydrogen-bond donors (Lipinski definition) is 1. The summed E-state index contributed by atoms with van der Waals surface area (Å²) in [5, 5.41) is 0. The fourth-order valence-electron chi connectivity index (χ4n) is 6.66. The number of likely N-dealkylation sites (tertiary alicyclic amines) is 1. The van der Waals surface area contributed by atoms with E-state index in [4.69, 9.17) is 20.4 Å². The number of anilines is 1. The number of aromatic nitrogens is 2. The van der Waals surface area contributed by atoms with Crippen molar-refractivity contribution in [3.8, 4) is 6.01 Å². The monoisotopic (exact) mass is 531 g/mol. The summed E-state index contributed by atoms with van der Waals surface area (Å²) in [6.45, 7) is 7.81. The predicted octanol–water partition coefficient (Wildman–Crippen LogP) is 1.64. The largest absolute Gasteiger partial charge is 0.462 e. The SMILES string of the molecule is C=CC(=O)N1CCN(c2nc(OC[C@@H]3CCCN3C)nc3c2CN(C2CCc4ccccc42)C3)C[C@H]1C(N)=O. The first-order valence-electron chi connectivity index (χ1n) is 13.9. The van der Waals surface area contributed by atoms with Crippen molar-refractivity contribution in [2.24, 2.45) is 5.73 Å². The van der Waals surface area contributed by atoms with Gasteiger partial charge in [-0.1, -0.05) is 30.8 Å². The number of primary amides is 1. The summed E-state index contributed by atoms with van der Waals surface area (Å²) in [6.07, 6.45) is 5.66. The van der Waals surface area contributed by atoms with Gasteiger partial charge >= 0.3 is 6.01 Å². The molecule has 206 valence electrons. The molecule has 0 saturated carbocycles. The first-order valence-corrected chi connectivity index (χ1v) is 13.9. The van der Waals surface area contributed by atoms with E-state index in [-0.39, 0.29) is 12.5 Å². The fraction of sp³-hybridized carbons (Fsp3) is 0.517. The maximum absolute atomic E-state index is 12.4. The Hall–Kier alpha value is -3.50. The van der Waals surface area contributed by atoms with Crippen LogP contribution in [0.1, 0.15) is 47.7 Å². The minimum Gasteiger partial charge on any atom is -0.462 e. The second kappa shape index (κ2) is 10.6. The molecule has 2 aromatic rings. The van der Waals surface area contributed by atoms with Crippen molar-refractivity contribution < 1.29 is 14.3 Å². The molecule has 4 heterocycles. The van der Waals surface area contributed by atoms with Gasteiger partial charge in [-0.05, 0) is 56.5 Å². The van der Waals surface area contributed by atoms with E-state index >= 15 is 0 Å². The van der Waals surface area contributed by atoms with Gasteiger partial charge in [-0.25, -0.2) is 0 Å². The highest BCUT2D eigenvalue weighted by atomic mass is 16.5. The zero-order valence-electron chi connectivity index (χ0n) is 22.6. The van der Waals surface area contributed by atoms with Gasteiger partial charge in [0.05, 0.1) is 5.69 Å². The van der Waals surface area contributed by atoms with Gasteiger partial charge in [-0.2, -0.15) is 9.97 Å². The molecule has 3 atom stereocenters. The van der Waals surface area contributed by atoms with Crippen molar-refractivity contribution >= 4 is 17.6 Å². The molecule has 2 N–H and O–H groups in total. The van der Waals surface area contributed by atoms with Gasteiger partial charge in [0.25, 0.3) is 0 Å². The van der Waals surface area contributed by atoms with Crippen LogP contribution < -0.4 is 15.4 Å². The van der Waals surface area contributed by atoms with Crippen LogP contribution in [0.25, 0.3) is 0 Å². The topological polar surface area (TPSA) is 108 Å². The molecule has 4 aliphatic rings. The lowest BCUT2D eigenvalue weighted by Gasteiger charge is -2.40. The Balaban J connectivity index is 1.30. The molecule has 1 unspecified atom stereocenters. The second-order valence-corrected chi connectivity index (χ2v) is 11.1. The van der Waals surface area contributed by atoms with Gasteiger partial charge in [0.1, 0.15) is 18.5 Å². The number of carbonyl (C=O) groups excluding carboxylic acids is 2. The maximum Gasteiger partial charge on any atom is 0.318 e. The molecule has 0 bridgehead atoms. The standard InChI is InChI=1S/C29H37N7O3/c1-3-26(37)36-14-13-34(17-25(36)27(30)38)28-22-15-35(24-11-10-19-7-4-5-9-21(19)24)16-23(22)31-29(32-28)39-18-20-8-6-12-33(20)2/h3-5,7,9,20,24-25H,1,6,8,10-18H2,2H3,(H2,30,38)/t20-,24?,25-/m0/s1. The molecule has 1 aliphatic carbocycles. The Kier molecular flexibility index (Phi) is 6.99. The van der Waals surface area contributed by atoms with Crippen LogP contribution in [0, 0.1) is 0 Å². The van der Waals surface area contributed by atoms with E-state index in [2.05, 4.69) is 52.6 Å². The molecule has 10 heteroatoms. The minimum atomic E-state index is -0.759. The van der Waals surface area contributed by atoms with Crippen molar-refractivity contribution in [3.63, 3.8) is 0 Å². The lowest BCUT2D eigenvalue weighted by molar-refractivity contribution is -0.136. The van der Waals surface area contributed by atoms with Crippen molar-refractivity contribution in [1.29, 1.82) is 0 Å². The average Bonchev–Trinajstić information content (AvgIpc) is 3.68. The van der Waals surface area contributed by atoms with Gasteiger partial charge in [-0.15, -0.1) is 0 Å². The number of nitrogens with zero attached hydrogens (tertiary/aromatic N) is 6. The molecule has 2 saturated heterocycles. The number of carbonyl (C=O) groups is 2. The summed E-state index contributed by atoms with van der Waals surface area (Å²) in [4.78, 5) is 43.0. The Bertz CT molecular complexity index is 1280. The predicted molar refractivity (Wildman–Crippen MR) is 147 cm³/mol. The molecular weight excluding hydrogens is 494 g/mol. The molecule has 3 aliphatic heterocycles. The smallest absolute Gasteiger partial charge is 0.318 e. The minimum absolute atomic E-state index is 0.273. The van der Waals surface area contributed by atoms with E-state index in [9.17, 15) is 9.59 Å². The summed E-state index contributed by atoms with van der Waals surface area (Å²) < 4.78 is 6.21. The number of nitrogens with two attached hydrogens (primary N) is 1. The molecule has 39 heavy (non-hydrogen) atoms. The number of rotatable bonds is 7. The normalized spacial score (nSPS) is 25.0. The third-order valence-electron chi connectivity index (χ3n) is 8.85. The number of amides is 2. The average molecular weight is 532 g/mol. The Morgan fingerprint density at radius 2 is 2.00 bits per heavy atom. The Labute approximate surface area is 229 Å². The van der Waals surface area contributed by atoms with Crippen LogP contribution in [0.5, 0.6) is 6.01 Å². The van der Waals surface area contributed by atoms with Crippen molar-refractivity contribution in [2.45, 2.75) is 56.9 Å². The van der Waals surface area contributed by atoms with E-state index < -0.39 is 11.9 Å². The highest BCUT2D eigenvalue weighted by Crippen LogP contribution is 2.42. The molecule has 6 rings (SSSR count). The van der Waals surface area contributed by atoms with E-state index in [0.717, 1.165) is 56.0 Å². The van der Waals surface area contributed by atoms with Crippen LogP contribution in [0.15, 0.2) is 36.9 Å². The third-order valence-corrected chi connectivity index (χ3v) is 8.85. The quantitative estimate of drug-likeness (QED) is 0.538. The molecule has 0 spiro atoms. The summed E-state index contributed by atoms with van der Waals surface area (Å²) in [6, 6.07) is 8.99. The lowest BCUT2D eigenvalue weighted by atomic mass is 10.1. The van der Waals surface area contributed by atoms with E-state index in [0.29, 0.717) is 37.8 Å². The molecule has 1 aromatic carbocycles. The zero-order valence-corrected chi connectivity index (χ0v) is 22.6. The maximum atomic E-state index is 12.4. The van der Waals surface area contributed by atoms with Crippen LogP contribution in [0.3, 0.4) is 0 Å². The van der Waals surface area contributed by atoms with Crippen molar-refractivity contribution in [1.82, 2.24) is 24.7 Å². The molecule has 10 nitrogen and oxygen atoms in total. The summed E-state index contributed by atoms with van der Waals surface area (Å²) >= 11 is 0. The molecule has 1 aromatic heterocycles. The van der Waals surface area contributed by atoms with Crippen LogP contribution in [-0.4, -0.2) is 88.4 Å². The lowest BCUT2D eigenvalue weighted by Crippen LogP contribution is -2.60. The Morgan fingerprint density at radius 1 is 1.15 bits per heavy atom. The first-order chi connectivity index (χ1) is 18.9. The van der Waals surface area contributed by atoms with Gasteiger partial charge in [0.2, 0.25) is 11.8 Å². The van der Waals surface area contributed by atoms with E-state index in [1.807, 2.05) is 0 Å². The number of ether oxygens (including phenoxy) is 1. The second-order valence-electron chi connectivity index (χ2n) is 11.1. The first kappa shape index (κ1) is 25.8. The number of piperazine rings is 1.